The van der Waals surface area contributed by atoms with Crippen LogP contribution in [0.25, 0.3) is 10.8 Å². The molecule has 1 saturated heterocycles. The maximum absolute atomic E-state index is 12.7. The Morgan fingerprint density at radius 3 is 2.39 bits per heavy atom. The van der Waals surface area contributed by atoms with Gasteiger partial charge in [0.05, 0.1) is 17.7 Å². The van der Waals surface area contributed by atoms with Gasteiger partial charge in [0.15, 0.2) is 6.54 Å². The van der Waals surface area contributed by atoms with Gasteiger partial charge in [0.2, 0.25) is 0 Å². The lowest BCUT2D eigenvalue weighted by Crippen LogP contribution is -3.28. The zero-order valence-corrected chi connectivity index (χ0v) is 18.0. The fourth-order valence-electron chi connectivity index (χ4n) is 4.52. The van der Waals surface area contributed by atoms with Crippen molar-refractivity contribution in [3.63, 3.8) is 0 Å². The first kappa shape index (κ1) is 21.0. The van der Waals surface area contributed by atoms with Crippen molar-refractivity contribution in [3.8, 4) is 6.07 Å². The molecule has 1 fully saturated rings. The lowest BCUT2D eigenvalue weighted by atomic mass is 10.00. The fraction of sp³-hybridized carbons (Fsp3) is 0.308. The van der Waals surface area contributed by atoms with E-state index in [2.05, 4.69) is 48.6 Å². The number of hydrogen-bond acceptors (Lipinski definition) is 2. The fourth-order valence-corrected chi connectivity index (χ4v) is 4.52. The second kappa shape index (κ2) is 9.74. The molecule has 0 aliphatic carbocycles. The van der Waals surface area contributed by atoms with E-state index in [-0.39, 0.29) is 11.9 Å². The number of carbonyl (C=O) groups is 1. The van der Waals surface area contributed by atoms with Crippen molar-refractivity contribution in [1.82, 2.24) is 5.32 Å². The topological polar surface area (TPSA) is 61.8 Å². The summed E-state index contributed by atoms with van der Waals surface area (Å²) in [7, 11) is 0. The van der Waals surface area contributed by atoms with Gasteiger partial charge in [0, 0.05) is 5.56 Å². The molecule has 1 atom stereocenters. The average Bonchev–Trinajstić information content (AvgIpc) is 2.80. The van der Waals surface area contributed by atoms with E-state index in [0.29, 0.717) is 12.1 Å². The molecule has 3 aromatic rings. The van der Waals surface area contributed by atoms with Gasteiger partial charge < -0.3 is 15.1 Å². The standard InChI is InChI=1S/C26H28N4O/c1-20(24-8-4-6-23-5-2-3-7-25(23)24)28-26(31)19-30-15-13-29(14-16-30)18-22-11-9-21(17-27)10-12-22/h2-12,20H,13-16,18-19H2,1H3,(H,28,31)/p+2/t20-/m0/s1. The van der Waals surface area contributed by atoms with Crippen LogP contribution in [-0.4, -0.2) is 38.6 Å². The first-order chi connectivity index (χ1) is 15.1. The number of quaternary nitrogens is 2. The van der Waals surface area contributed by atoms with Crippen LogP contribution in [0.15, 0.2) is 66.7 Å². The molecular formula is C26H30N4O+2. The zero-order chi connectivity index (χ0) is 21.6. The summed E-state index contributed by atoms with van der Waals surface area (Å²) in [4.78, 5) is 15.6. The highest BCUT2D eigenvalue weighted by molar-refractivity contribution is 5.87. The van der Waals surface area contributed by atoms with E-state index in [0.717, 1.165) is 38.3 Å². The van der Waals surface area contributed by atoms with Crippen molar-refractivity contribution in [2.75, 3.05) is 32.7 Å². The zero-order valence-electron chi connectivity index (χ0n) is 18.0. The summed E-state index contributed by atoms with van der Waals surface area (Å²) in [6, 6.07) is 24.6. The normalized spacial score (nSPS) is 19.5. The molecule has 31 heavy (non-hydrogen) atoms. The first-order valence-corrected chi connectivity index (χ1v) is 11.1. The van der Waals surface area contributed by atoms with Crippen LogP contribution in [0.3, 0.4) is 0 Å². The van der Waals surface area contributed by atoms with Crippen molar-refractivity contribution < 1.29 is 14.6 Å². The molecule has 1 heterocycles. The monoisotopic (exact) mass is 414 g/mol. The van der Waals surface area contributed by atoms with Gasteiger partial charge in [-0.1, -0.05) is 54.6 Å². The van der Waals surface area contributed by atoms with E-state index < -0.39 is 0 Å². The Hall–Kier alpha value is -3.20. The lowest BCUT2D eigenvalue weighted by molar-refractivity contribution is -1.02. The van der Waals surface area contributed by atoms with Crippen LogP contribution in [0.2, 0.25) is 0 Å². The highest BCUT2D eigenvalue weighted by Crippen LogP contribution is 2.23. The van der Waals surface area contributed by atoms with Crippen LogP contribution in [0, 0.1) is 11.3 Å². The molecule has 1 amide bonds. The van der Waals surface area contributed by atoms with Crippen molar-refractivity contribution >= 4 is 16.7 Å². The third-order valence-electron chi connectivity index (χ3n) is 6.28. The number of benzene rings is 3. The number of nitrogens with zero attached hydrogens (tertiary/aromatic N) is 1. The smallest absolute Gasteiger partial charge is 0.275 e. The summed E-state index contributed by atoms with van der Waals surface area (Å²) in [5.74, 6) is 0.117. The molecule has 158 valence electrons. The second-order valence-electron chi connectivity index (χ2n) is 8.52. The Labute approximate surface area is 183 Å². The Morgan fingerprint density at radius 2 is 1.65 bits per heavy atom. The van der Waals surface area contributed by atoms with E-state index in [1.54, 1.807) is 0 Å². The largest absolute Gasteiger partial charge is 0.345 e. The SMILES string of the molecule is C[C@H](NC(=O)C[NH+]1CC[NH+](Cc2ccc(C#N)cc2)CC1)c1cccc2ccccc12. The van der Waals surface area contributed by atoms with E-state index in [1.807, 2.05) is 36.4 Å². The Bertz CT molecular complexity index is 1070. The number of piperazine rings is 1. The Kier molecular flexibility index (Phi) is 6.61. The molecule has 0 saturated carbocycles. The van der Waals surface area contributed by atoms with E-state index >= 15 is 0 Å². The minimum Gasteiger partial charge on any atom is -0.345 e. The summed E-state index contributed by atoms with van der Waals surface area (Å²) in [5, 5.41) is 14.5. The van der Waals surface area contributed by atoms with Crippen LogP contribution in [-0.2, 0) is 11.3 Å². The molecule has 1 aliphatic rings. The molecule has 0 radical (unpaired) electrons. The molecule has 1 aliphatic heterocycles. The number of amides is 1. The summed E-state index contributed by atoms with van der Waals surface area (Å²) < 4.78 is 0. The van der Waals surface area contributed by atoms with Crippen LogP contribution in [0.1, 0.15) is 29.7 Å². The van der Waals surface area contributed by atoms with Crippen molar-refractivity contribution in [2.45, 2.75) is 19.5 Å². The maximum atomic E-state index is 12.7. The van der Waals surface area contributed by atoms with Gasteiger partial charge in [0.25, 0.3) is 5.91 Å². The van der Waals surface area contributed by atoms with Gasteiger partial charge in [0.1, 0.15) is 32.7 Å². The van der Waals surface area contributed by atoms with Crippen molar-refractivity contribution in [1.29, 1.82) is 5.26 Å². The predicted molar refractivity (Wildman–Crippen MR) is 122 cm³/mol. The predicted octanol–water partition coefficient (Wildman–Crippen LogP) is 0.872. The Morgan fingerprint density at radius 1 is 0.968 bits per heavy atom. The molecule has 0 unspecified atom stereocenters. The molecular weight excluding hydrogens is 384 g/mol. The number of hydrogen-bond donors (Lipinski definition) is 3. The third kappa shape index (κ3) is 5.29. The van der Waals surface area contributed by atoms with Crippen LogP contribution in [0.5, 0.6) is 0 Å². The van der Waals surface area contributed by atoms with Gasteiger partial charge in [-0.2, -0.15) is 5.26 Å². The second-order valence-corrected chi connectivity index (χ2v) is 8.52. The molecule has 0 bridgehead atoms. The van der Waals surface area contributed by atoms with Gasteiger partial charge >= 0.3 is 0 Å². The van der Waals surface area contributed by atoms with E-state index in [4.69, 9.17) is 5.26 Å². The van der Waals surface area contributed by atoms with Gasteiger partial charge in [-0.3, -0.25) is 4.79 Å². The highest BCUT2D eigenvalue weighted by Gasteiger charge is 2.25. The number of carbonyl (C=O) groups excluding carboxylic acids is 1. The van der Waals surface area contributed by atoms with Crippen LogP contribution >= 0.6 is 0 Å². The van der Waals surface area contributed by atoms with E-state index in [1.165, 1.54) is 26.1 Å². The molecule has 5 heteroatoms. The highest BCUT2D eigenvalue weighted by atomic mass is 16.2. The van der Waals surface area contributed by atoms with Crippen LogP contribution in [0.4, 0.5) is 0 Å². The minimum atomic E-state index is -0.0127. The van der Waals surface area contributed by atoms with Gasteiger partial charge in [-0.15, -0.1) is 0 Å². The lowest BCUT2D eigenvalue weighted by Gasteiger charge is -2.29. The maximum Gasteiger partial charge on any atom is 0.275 e. The average molecular weight is 415 g/mol. The number of nitriles is 1. The summed E-state index contributed by atoms with van der Waals surface area (Å²) in [6.45, 7) is 7.68. The summed E-state index contributed by atoms with van der Waals surface area (Å²) >= 11 is 0. The third-order valence-corrected chi connectivity index (χ3v) is 6.28. The summed E-state index contributed by atoms with van der Waals surface area (Å²) in [5.41, 5.74) is 3.13. The van der Waals surface area contributed by atoms with Crippen molar-refractivity contribution in [3.05, 3.63) is 83.4 Å². The number of rotatable bonds is 6. The van der Waals surface area contributed by atoms with E-state index in [9.17, 15) is 4.79 Å². The quantitative estimate of drug-likeness (QED) is 0.561. The number of fused-ring (bicyclic) bond motifs is 1. The van der Waals surface area contributed by atoms with Gasteiger partial charge in [-0.25, -0.2) is 0 Å². The molecule has 3 N–H and O–H groups in total. The molecule has 3 aromatic carbocycles. The number of nitrogens with one attached hydrogen (secondary N) is 3. The first-order valence-electron chi connectivity index (χ1n) is 11.1. The molecule has 5 nitrogen and oxygen atoms in total. The summed E-state index contributed by atoms with van der Waals surface area (Å²) in [6.07, 6.45) is 0. The minimum absolute atomic E-state index is 0.0127. The molecule has 0 spiro atoms. The van der Waals surface area contributed by atoms with Crippen LogP contribution < -0.4 is 15.1 Å². The van der Waals surface area contributed by atoms with Crippen molar-refractivity contribution in [2.24, 2.45) is 0 Å². The molecule has 4 rings (SSSR count). The van der Waals surface area contributed by atoms with Gasteiger partial charge in [-0.05, 0) is 35.4 Å². The Balaban J connectivity index is 1.26. The molecule has 0 aromatic heterocycles.